The molecule has 0 radical (unpaired) electrons. The highest BCUT2D eigenvalue weighted by Gasteiger charge is 2.36. The Bertz CT molecular complexity index is 525. The Labute approximate surface area is 121 Å². The summed E-state index contributed by atoms with van der Waals surface area (Å²) in [6.45, 7) is 4.32. The average Bonchev–Trinajstić information content (AvgIpc) is 2.39. The zero-order valence-electron chi connectivity index (χ0n) is 12.1. The van der Waals surface area contributed by atoms with Gasteiger partial charge in [-0.2, -0.15) is 0 Å². The van der Waals surface area contributed by atoms with E-state index in [1.807, 2.05) is 13.8 Å². The first-order valence-corrected chi connectivity index (χ1v) is 7.00. The second-order valence-electron chi connectivity index (χ2n) is 5.89. The van der Waals surface area contributed by atoms with E-state index in [1.54, 1.807) is 4.90 Å². The van der Waals surface area contributed by atoms with E-state index in [1.165, 1.54) is 0 Å². The number of carbonyl (C=O) groups is 1. The number of carbonyl (C=O) groups excluding carboxylic acids is 1. The van der Waals surface area contributed by atoms with E-state index in [0.717, 1.165) is 12.1 Å². The number of likely N-dealkylation sites (tertiary alicyclic amines) is 1. The second-order valence-corrected chi connectivity index (χ2v) is 5.89. The molecule has 1 fully saturated rings. The molecule has 0 spiro atoms. The molecule has 21 heavy (non-hydrogen) atoms. The highest BCUT2D eigenvalue weighted by molar-refractivity contribution is 5.78. The average molecular weight is 300 g/mol. The van der Waals surface area contributed by atoms with Crippen molar-refractivity contribution in [2.45, 2.75) is 38.8 Å². The smallest absolute Gasteiger partial charge is 0.223 e. The molecule has 1 aromatic rings. The summed E-state index contributed by atoms with van der Waals surface area (Å²) in [5.74, 6) is -3.94. The molecule has 0 saturated carbocycles. The van der Waals surface area contributed by atoms with Crippen molar-refractivity contribution in [3.8, 4) is 0 Å². The first kappa shape index (κ1) is 15.8. The molecule has 1 heterocycles. The molecule has 1 aromatic carbocycles. The van der Waals surface area contributed by atoms with E-state index in [2.05, 4.69) is 0 Å². The lowest BCUT2D eigenvalue weighted by Gasteiger charge is -2.41. The molecule has 1 aliphatic rings. The van der Waals surface area contributed by atoms with Gasteiger partial charge in [-0.15, -0.1) is 0 Å². The van der Waals surface area contributed by atoms with Crippen molar-refractivity contribution in [1.82, 2.24) is 4.90 Å². The van der Waals surface area contributed by atoms with Gasteiger partial charge in [-0.3, -0.25) is 4.79 Å². The number of benzene rings is 1. The standard InChI is InChI=1S/C15H19F3N2O/c1-8(2)7-20-13(21)4-3-12(19)15(20)9-5-10(16)14(18)11(17)6-9/h5-6,8,12,15H,3-4,7,19H2,1-2H3. The first-order chi connectivity index (χ1) is 9.81. The summed E-state index contributed by atoms with van der Waals surface area (Å²) in [5.41, 5.74) is 6.25. The number of hydrogen-bond acceptors (Lipinski definition) is 2. The Morgan fingerprint density at radius 2 is 1.86 bits per heavy atom. The van der Waals surface area contributed by atoms with Crippen molar-refractivity contribution in [2.24, 2.45) is 11.7 Å². The fraction of sp³-hybridized carbons (Fsp3) is 0.533. The van der Waals surface area contributed by atoms with Gasteiger partial charge in [-0.1, -0.05) is 13.8 Å². The van der Waals surface area contributed by atoms with Crippen LogP contribution in [0, 0.1) is 23.4 Å². The Hall–Kier alpha value is -1.56. The van der Waals surface area contributed by atoms with Gasteiger partial charge in [0.25, 0.3) is 0 Å². The Morgan fingerprint density at radius 1 is 1.29 bits per heavy atom. The zero-order chi connectivity index (χ0) is 15.7. The zero-order valence-corrected chi connectivity index (χ0v) is 12.1. The summed E-state index contributed by atoms with van der Waals surface area (Å²) in [6.07, 6.45) is 0.759. The van der Waals surface area contributed by atoms with Gasteiger partial charge >= 0.3 is 0 Å². The van der Waals surface area contributed by atoms with Crippen molar-refractivity contribution >= 4 is 5.91 Å². The molecule has 1 saturated heterocycles. The molecule has 1 aliphatic heterocycles. The number of halogens is 3. The van der Waals surface area contributed by atoms with Crippen LogP contribution in [0.2, 0.25) is 0 Å². The van der Waals surface area contributed by atoms with Gasteiger partial charge in [-0.05, 0) is 30.0 Å². The van der Waals surface area contributed by atoms with Crippen molar-refractivity contribution in [1.29, 1.82) is 0 Å². The van der Waals surface area contributed by atoms with Gasteiger partial charge in [0, 0.05) is 19.0 Å². The number of hydrogen-bond donors (Lipinski definition) is 1. The van der Waals surface area contributed by atoms with Crippen molar-refractivity contribution in [3.05, 3.63) is 35.1 Å². The lowest BCUT2D eigenvalue weighted by atomic mass is 9.89. The van der Waals surface area contributed by atoms with Gasteiger partial charge in [0.05, 0.1) is 6.04 Å². The van der Waals surface area contributed by atoms with E-state index in [4.69, 9.17) is 5.73 Å². The largest absolute Gasteiger partial charge is 0.334 e. The molecule has 116 valence electrons. The normalized spacial score (nSPS) is 23.0. The molecule has 2 rings (SSSR count). The maximum absolute atomic E-state index is 13.4. The quantitative estimate of drug-likeness (QED) is 0.873. The highest BCUT2D eigenvalue weighted by Crippen LogP contribution is 2.33. The minimum absolute atomic E-state index is 0.0967. The highest BCUT2D eigenvalue weighted by atomic mass is 19.2. The van der Waals surface area contributed by atoms with E-state index >= 15 is 0 Å². The second kappa shape index (κ2) is 6.05. The van der Waals surface area contributed by atoms with Crippen LogP contribution in [0.15, 0.2) is 12.1 Å². The van der Waals surface area contributed by atoms with Crippen LogP contribution < -0.4 is 5.73 Å². The number of piperidine rings is 1. The minimum Gasteiger partial charge on any atom is -0.334 e. The van der Waals surface area contributed by atoms with Crippen molar-refractivity contribution in [2.75, 3.05) is 6.54 Å². The van der Waals surface area contributed by atoms with Gasteiger partial charge in [0.1, 0.15) is 0 Å². The molecule has 0 bridgehead atoms. The Kier molecular flexibility index (Phi) is 4.56. The third-order valence-electron chi connectivity index (χ3n) is 3.66. The molecule has 2 atom stereocenters. The maximum Gasteiger partial charge on any atom is 0.223 e. The van der Waals surface area contributed by atoms with Gasteiger partial charge < -0.3 is 10.6 Å². The fourth-order valence-corrected chi connectivity index (χ4v) is 2.76. The van der Waals surface area contributed by atoms with Crippen molar-refractivity contribution in [3.63, 3.8) is 0 Å². The van der Waals surface area contributed by atoms with Crippen LogP contribution >= 0.6 is 0 Å². The maximum atomic E-state index is 13.4. The van der Waals surface area contributed by atoms with Crippen LogP contribution in [0.1, 0.15) is 38.3 Å². The molecular weight excluding hydrogens is 281 g/mol. The van der Waals surface area contributed by atoms with Gasteiger partial charge in [-0.25, -0.2) is 13.2 Å². The first-order valence-electron chi connectivity index (χ1n) is 7.00. The lowest BCUT2D eigenvalue weighted by Crippen LogP contribution is -2.50. The van der Waals surface area contributed by atoms with Gasteiger partial charge in [0.15, 0.2) is 17.5 Å². The summed E-state index contributed by atoms with van der Waals surface area (Å²) in [5, 5.41) is 0. The third kappa shape index (κ3) is 3.20. The SMILES string of the molecule is CC(C)CN1C(=O)CCC(N)C1c1cc(F)c(F)c(F)c1. The van der Waals surface area contributed by atoms with Crippen LogP contribution in [0.25, 0.3) is 0 Å². The van der Waals surface area contributed by atoms with E-state index in [9.17, 15) is 18.0 Å². The van der Waals surface area contributed by atoms with Crippen LogP contribution in [-0.2, 0) is 4.79 Å². The fourth-order valence-electron chi connectivity index (χ4n) is 2.76. The minimum atomic E-state index is -1.51. The van der Waals surface area contributed by atoms with Crippen LogP contribution in [-0.4, -0.2) is 23.4 Å². The third-order valence-corrected chi connectivity index (χ3v) is 3.66. The number of rotatable bonds is 3. The summed E-state index contributed by atoms with van der Waals surface area (Å²) < 4.78 is 40.0. The number of nitrogens with two attached hydrogens (primary N) is 1. The predicted octanol–water partition coefficient (Wildman–Crippen LogP) is 2.75. The lowest BCUT2D eigenvalue weighted by molar-refractivity contribution is -0.138. The Balaban J connectivity index is 2.43. The summed E-state index contributed by atoms with van der Waals surface area (Å²) >= 11 is 0. The number of nitrogens with zero attached hydrogens (tertiary/aromatic N) is 1. The molecule has 0 aromatic heterocycles. The summed E-state index contributed by atoms with van der Waals surface area (Å²) in [4.78, 5) is 13.7. The Morgan fingerprint density at radius 3 is 2.38 bits per heavy atom. The molecule has 0 aliphatic carbocycles. The monoisotopic (exact) mass is 300 g/mol. The molecule has 6 heteroatoms. The van der Waals surface area contributed by atoms with E-state index in [0.29, 0.717) is 19.4 Å². The summed E-state index contributed by atoms with van der Waals surface area (Å²) in [6, 6.07) is 0.799. The topological polar surface area (TPSA) is 46.3 Å². The van der Waals surface area contributed by atoms with E-state index < -0.39 is 29.5 Å². The molecular formula is C15H19F3N2O. The molecule has 3 nitrogen and oxygen atoms in total. The summed E-state index contributed by atoms with van der Waals surface area (Å²) in [7, 11) is 0. The van der Waals surface area contributed by atoms with Gasteiger partial charge in [0.2, 0.25) is 5.91 Å². The van der Waals surface area contributed by atoms with Crippen molar-refractivity contribution < 1.29 is 18.0 Å². The molecule has 2 unspecified atom stereocenters. The number of amides is 1. The predicted molar refractivity (Wildman–Crippen MR) is 72.8 cm³/mol. The van der Waals surface area contributed by atoms with Crippen LogP contribution in [0.3, 0.4) is 0 Å². The molecule has 1 amide bonds. The van der Waals surface area contributed by atoms with E-state index in [-0.39, 0.29) is 17.4 Å². The van der Waals surface area contributed by atoms with Crippen LogP contribution in [0.5, 0.6) is 0 Å². The van der Waals surface area contributed by atoms with Crippen LogP contribution in [0.4, 0.5) is 13.2 Å². The molecule has 2 N–H and O–H groups in total.